The number of rotatable bonds is 3. The fraction of sp³-hybridized carbons (Fsp3) is 0.125. The van der Waals surface area contributed by atoms with E-state index in [0.29, 0.717) is 30.8 Å². The molecule has 0 aliphatic carbocycles. The van der Waals surface area contributed by atoms with Gasteiger partial charge in [0, 0.05) is 18.0 Å². The Bertz CT molecular complexity index is 1250. The lowest BCUT2D eigenvalue weighted by Crippen LogP contribution is -2.20. The van der Waals surface area contributed by atoms with Gasteiger partial charge in [-0.05, 0) is 13.0 Å². The number of aryl methyl sites for hydroxylation is 2. The van der Waals surface area contributed by atoms with Gasteiger partial charge in [0.05, 0.1) is 15.6 Å². The molecule has 4 heterocycles. The minimum absolute atomic E-state index is 0.125. The van der Waals surface area contributed by atoms with Crippen molar-refractivity contribution in [1.82, 2.24) is 14.5 Å². The molecular weight excluding hydrogens is 431 g/mol. The molecule has 1 amide bonds. The van der Waals surface area contributed by atoms with Crippen LogP contribution in [0.25, 0.3) is 22.4 Å². The van der Waals surface area contributed by atoms with Gasteiger partial charge in [0.1, 0.15) is 21.8 Å². The van der Waals surface area contributed by atoms with Crippen LogP contribution in [-0.4, -0.2) is 20.4 Å². The van der Waals surface area contributed by atoms with Crippen LogP contribution in [0, 0.1) is 6.92 Å². The zero-order valence-electron chi connectivity index (χ0n) is 13.9. The highest BCUT2D eigenvalue weighted by Gasteiger charge is 2.23. The number of hydrogen-bond acceptors (Lipinski definition) is 7. The molecule has 11 heteroatoms. The average Bonchev–Trinajstić information content (AvgIpc) is 3.28. The van der Waals surface area contributed by atoms with E-state index >= 15 is 0 Å². The summed E-state index contributed by atoms with van der Waals surface area (Å²) in [5, 5.41) is 4.97. The molecule has 0 atom stereocenters. The van der Waals surface area contributed by atoms with Crippen molar-refractivity contribution in [3.63, 3.8) is 0 Å². The number of thiazole rings is 1. The Morgan fingerprint density at radius 1 is 1.37 bits per heavy atom. The molecule has 138 valence electrons. The molecule has 0 aliphatic rings. The van der Waals surface area contributed by atoms with Crippen molar-refractivity contribution in [1.29, 1.82) is 0 Å². The molecule has 0 aromatic carbocycles. The van der Waals surface area contributed by atoms with Crippen LogP contribution in [0.15, 0.2) is 27.0 Å². The van der Waals surface area contributed by atoms with Gasteiger partial charge in [-0.3, -0.25) is 14.9 Å². The minimum atomic E-state index is -0.494. The van der Waals surface area contributed by atoms with E-state index in [4.69, 9.17) is 27.6 Å². The third-order valence-electron chi connectivity index (χ3n) is 3.83. The van der Waals surface area contributed by atoms with Gasteiger partial charge in [-0.1, -0.05) is 23.2 Å². The third-order valence-corrected chi connectivity index (χ3v) is 6.08. The Morgan fingerprint density at radius 3 is 2.85 bits per heavy atom. The third kappa shape index (κ3) is 3.16. The Balaban J connectivity index is 1.69. The van der Waals surface area contributed by atoms with E-state index in [1.807, 2.05) is 0 Å². The molecule has 4 aromatic heterocycles. The number of hydrogen-bond donors (Lipinski definition) is 1. The van der Waals surface area contributed by atoms with Gasteiger partial charge in [-0.25, -0.2) is 9.97 Å². The maximum absolute atomic E-state index is 12.8. The predicted octanol–water partition coefficient (Wildman–Crippen LogP) is 4.58. The number of nitrogens with zero attached hydrogens (tertiary/aromatic N) is 3. The van der Waals surface area contributed by atoms with Gasteiger partial charge >= 0.3 is 0 Å². The molecule has 0 saturated heterocycles. The zero-order chi connectivity index (χ0) is 19.3. The summed E-state index contributed by atoms with van der Waals surface area (Å²) >= 11 is 14.6. The number of anilines is 1. The van der Waals surface area contributed by atoms with E-state index in [1.54, 1.807) is 25.4 Å². The highest BCUT2D eigenvalue weighted by Crippen LogP contribution is 2.39. The molecule has 4 rings (SSSR count). The Hall–Kier alpha value is -2.20. The molecule has 0 saturated carbocycles. The summed E-state index contributed by atoms with van der Waals surface area (Å²) in [6, 6.07) is 1.72. The van der Waals surface area contributed by atoms with E-state index in [1.165, 1.54) is 33.6 Å². The van der Waals surface area contributed by atoms with Crippen molar-refractivity contribution < 1.29 is 9.21 Å². The average molecular weight is 441 g/mol. The number of amides is 1. The molecule has 27 heavy (non-hydrogen) atoms. The Kier molecular flexibility index (Phi) is 4.55. The summed E-state index contributed by atoms with van der Waals surface area (Å²) in [4.78, 5) is 33.6. The van der Waals surface area contributed by atoms with Crippen molar-refractivity contribution in [2.45, 2.75) is 6.92 Å². The van der Waals surface area contributed by atoms with Gasteiger partial charge in [-0.2, -0.15) is 0 Å². The lowest BCUT2D eigenvalue weighted by Gasteiger charge is -2.01. The number of furan rings is 1. The molecule has 0 aliphatic heterocycles. The van der Waals surface area contributed by atoms with Crippen molar-refractivity contribution in [3.8, 4) is 11.3 Å². The van der Waals surface area contributed by atoms with E-state index in [0.717, 1.165) is 0 Å². The first-order valence-corrected chi connectivity index (χ1v) is 9.97. The first-order chi connectivity index (χ1) is 12.8. The van der Waals surface area contributed by atoms with Crippen LogP contribution in [-0.2, 0) is 7.05 Å². The van der Waals surface area contributed by atoms with Crippen LogP contribution < -0.4 is 10.9 Å². The summed E-state index contributed by atoms with van der Waals surface area (Å²) in [6.45, 7) is 1.61. The predicted molar refractivity (Wildman–Crippen MR) is 107 cm³/mol. The Labute approximate surface area is 170 Å². The van der Waals surface area contributed by atoms with E-state index in [2.05, 4.69) is 15.3 Å². The molecule has 0 unspecified atom stereocenters. The van der Waals surface area contributed by atoms with Gasteiger partial charge in [0.25, 0.3) is 11.5 Å². The second-order valence-electron chi connectivity index (χ2n) is 5.60. The second kappa shape index (κ2) is 6.75. The fourth-order valence-electron chi connectivity index (χ4n) is 2.59. The molecule has 4 aromatic rings. The zero-order valence-corrected chi connectivity index (χ0v) is 17.0. The number of carbonyl (C=O) groups excluding carboxylic acids is 1. The summed E-state index contributed by atoms with van der Waals surface area (Å²) in [5.74, 6) is -0.186. The number of thiophene rings is 1. The van der Waals surface area contributed by atoms with Crippen LogP contribution in [0.2, 0.25) is 8.67 Å². The number of halogens is 2. The van der Waals surface area contributed by atoms with Crippen LogP contribution in [0.4, 0.5) is 5.13 Å². The number of fused-ring (bicyclic) bond motifs is 1. The molecule has 0 radical (unpaired) electrons. The van der Waals surface area contributed by atoms with Crippen molar-refractivity contribution >= 4 is 68.0 Å². The highest BCUT2D eigenvalue weighted by molar-refractivity contribution is 7.20. The fourth-order valence-corrected chi connectivity index (χ4v) is 4.78. The first kappa shape index (κ1) is 18.2. The molecule has 1 N–H and O–H groups in total. The summed E-state index contributed by atoms with van der Waals surface area (Å²) in [7, 11) is 1.56. The monoisotopic (exact) mass is 440 g/mol. The van der Waals surface area contributed by atoms with Gasteiger partial charge in [0.2, 0.25) is 5.71 Å². The van der Waals surface area contributed by atoms with E-state index in [-0.39, 0.29) is 22.2 Å². The quantitative estimate of drug-likeness (QED) is 0.503. The van der Waals surface area contributed by atoms with Crippen LogP contribution in [0.3, 0.4) is 0 Å². The molecule has 0 fully saturated rings. The van der Waals surface area contributed by atoms with Crippen LogP contribution in [0.5, 0.6) is 0 Å². The van der Waals surface area contributed by atoms with Gasteiger partial charge in [-0.15, -0.1) is 22.7 Å². The van der Waals surface area contributed by atoms with Crippen LogP contribution in [0.1, 0.15) is 16.1 Å². The van der Waals surface area contributed by atoms with Crippen molar-refractivity contribution in [3.05, 3.63) is 48.1 Å². The normalized spacial score (nSPS) is 11.3. The second-order valence-corrected chi connectivity index (χ2v) is 8.75. The lowest BCUT2D eigenvalue weighted by molar-refractivity contribution is 0.102. The maximum Gasteiger partial charge on any atom is 0.265 e. The first-order valence-electron chi connectivity index (χ1n) is 7.52. The largest absolute Gasteiger partial charge is 0.442 e. The van der Waals surface area contributed by atoms with Crippen molar-refractivity contribution in [2.75, 3.05) is 5.32 Å². The van der Waals surface area contributed by atoms with E-state index in [9.17, 15) is 9.59 Å². The van der Waals surface area contributed by atoms with Gasteiger partial charge in [0.15, 0.2) is 5.13 Å². The number of aromatic nitrogens is 3. The number of nitrogens with one attached hydrogen (secondary N) is 1. The highest BCUT2D eigenvalue weighted by atomic mass is 35.5. The molecule has 0 bridgehead atoms. The van der Waals surface area contributed by atoms with Crippen molar-refractivity contribution in [2.24, 2.45) is 7.05 Å². The summed E-state index contributed by atoms with van der Waals surface area (Å²) in [5.41, 5.74) is 1.22. The topological polar surface area (TPSA) is 90.0 Å². The Morgan fingerprint density at radius 2 is 2.15 bits per heavy atom. The lowest BCUT2D eigenvalue weighted by atomic mass is 10.2. The van der Waals surface area contributed by atoms with Gasteiger partial charge < -0.3 is 8.98 Å². The maximum atomic E-state index is 12.8. The van der Waals surface area contributed by atoms with E-state index < -0.39 is 5.91 Å². The summed E-state index contributed by atoms with van der Waals surface area (Å²) in [6.07, 6.45) is 1.35. The smallest absolute Gasteiger partial charge is 0.265 e. The van der Waals surface area contributed by atoms with Crippen LogP contribution >= 0.6 is 45.9 Å². The summed E-state index contributed by atoms with van der Waals surface area (Å²) < 4.78 is 7.82. The minimum Gasteiger partial charge on any atom is -0.442 e. The standard InChI is InChI=1S/C16H10Cl2N4O3S2/c1-6-10(11-14(25-6)19-5-22(2)15(11)24)13(23)21-16-20-8(4-26-16)7-3-9(17)27-12(7)18/h3-5H,1-2H3,(H,20,21,23). The molecule has 7 nitrogen and oxygen atoms in total. The SMILES string of the molecule is Cc1oc2ncn(C)c(=O)c2c1C(=O)Nc1nc(-c2cc(Cl)sc2Cl)cs1. The molecular formula is C16H10Cl2N4O3S2. The number of carbonyl (C=O) groups is 1. The molecule has 0 spiro atoms.